The van der Waals surface area contributed by atoms with Crippen LogP contribution in [0.3, 0.4) is 0 Å². The van der Waals surface area contributed by atoms with Crippen LogP contribution in [0.1, 0.15) is 110 Å². The lowest BCUT2D eigenvalue weighted by molar-refractivity contribution is 0.462. The van der Waals surface area contributed by atoms with Gasteiger partial charge in [0.05, 0.1) is 4.90 Å². The van der Waals surface area contributed by atoms with Gasteiger partial charge in [0.2, 0.25) is 8.32 Å². The number of benzene rings is 1. The van der Waals surface area contributed by atoms with E-state index in [0.29, 0.717) is 4.90 Å². The summed E-state index contributed by atoms with van der Waals surface area (Å²) in [6.45, 7) is 8.75. The van der Waals surface area contributed by atoms with Crippen molar-refractivity contribution in [3.63, 3.8) is 0 Å². The molecule has 0 spiro atoms. The first kappa shape index (κ1) is 28.4. The molecule has 0 aliphatic rings. The van der Waals surface area contributed by atoms with Crippen LogP contribution in [0.4, 0.5) is 0 Å². The molecule has 0 bridgehead atoms. The van der Waals surface area contributed by atoms with E-state index in [-0.39, 0.29) is 0 Å². The lowest BCUT2D eigenvalue weighted by Gasteiger charge is -2.31. The molecule has 0 saturated heterocycles. The van der Waals surface area contributed by atoms with Crippen molar-refractivity contribution in [3.8, 4) is 0 Å². The third-order valence-corrected chi connectivity index (χ3v) is 13.3. The Hall–Kier alpha value is -0.653. The highest BCUT2D eigenvalue weighted by molar-refractivity contribution is 7.87. The monoisotopic (exact) mass is 468 g/mol. The van der Waals surface area contributed by atoms with Crippen molar-refractivity contribution >= 4 is 18.4 Å². The fraction of sp³-hybridized carbons (Fsp3) is 0.769. The van der Waals surface area contributed by atoms with Gasteiger partial charge in [-0.05, 0) is 42.2 Å². The van der Waals surface area contributed by atoms with E-state index in [4.69, 9.17) is 3.87 Å². The molecule has 0 heterocycles. The van der Waals surface area contributed by atoms with E-state index in [0.717, 1.165) is 49.4 Å². The predicted octanol–water partition coefficient (Wildman–Crippen LogP) is 8.64. The van der Waals surface area contributed by atoms with Crippen LogP contribution in [0.2, 0.25) is 18.1 Å². The average Bonchev–Trinajstić information content (AvgIpc) is 2.77. The summed E-state index contributed by atoms with van der Waals surface area (Å²) in [6, 6.07) is 10.3. The maximum atomic E-state index is 13.3. The highest BCUT2D eigenvalue weighted by Crippen LogP contribution is 2.34. The van der Waals surface area contributed by atoms with Crippen LogP contribution in [-0.2, 0) is 20.4 Å². The van der Waals surface area contributed by atoms with E-state index in [1.165, 1.54) is 57.8 Å². The summed E-state index contributed by atoms with van der Waals surface area (Å²) in [5, 5.41) is 0. The summed E-state index contributed by atoms with van der Waals surface area (Å²) in [4.78, 5) is 0.331. The van der Waals surface area contributed by atoms with Gasteiger partial charge in [-0.25, -0.2) is 0 Å². The second-order valence-corrected chi connectivity index (χ2v) is 15.1. The Bertz CT molecular complexity index is 639. The Balaban J connectivity index is 3.06. The van der Waals surface area contributed by atoms with Crippen LogP contribution in [0.15, 0.2) is 29.2 Å². The number of hydrogen-bond donors (Lipinski definition) is 0. The van der Waals surface area contributed by atoms with E-state index >= 15 is 0 Å². The van der Waals surface area contributed by atoms with E-state index in [2.05, 4.69) is 27.7 Å². The van der Waals surface area contributed by atoms with Crippen LogP contribution in [0.25, 0.3) is 0 Å². The topological polar surface area (TPSA) is 43.4 Å². The first-order chi connectivity index (χ1) is 14.9. The molecule has 0 aliphatic heterocycles. The zero-order valence-electron chi connectivity index (χ0n) is 20.8. The molecule has 1 aromatic carbocycles. The zero-order chi connectivity index (χ0) is 23.0. The van der Waals surface area contributed by atoms with Crippen molar-refractivity contribution in [2.24, 2.45) is 0 Å². The van der Waals surface area contributed by atoms with E-state index in [1.54, 1.807) is 12.1 Å². The molecule has 0 unspecified atom stereocenters. The highest BCUT2D eigenvalue weighted by Gasteiger charge is 2.39. The van der Waals surface area contributed by atoms with Gasteiger partial charge in [0.25, 0.3) is 10.1 Å². The minimum Gasteiger partial charge on any atom is -0.311 e. The number of rotatable bonds is 19. The molecule has 0 N–H and O–H groups in total. The van der Waals surface area contributed by atoms with Crippen molar-refractivity contribution in [1.29, 1.82) is 0 Å². The van der Waals surface area contributed by atoms with E-state index in [1.807, 2.05) is 12.1 Å². The van der Waals surface area contributed by atoms with Gasteiger partial charge < -0.3 is 3.87 Å². The van der Waals surface area contributed by atoms with Gasteiger partial charge >= 0.3 is 0 Å². The molecule has 5 heteroatoms. The molecule has 0 atom stereocenters. The zero-order valence-corrected chi connectivity index (χ0v) is 22.6. The molecule has 0 aromatic heterocycles. The van der Waals surface area contributed by atoms with Gasteiger partial charge in [-0.1, -0.05) is 117 Å². The summed E-state index contributed by atoms with van der Waals surface area (Å²) in [5.41, 5.74) is 1.15. The summed E-state index contributed by atoms with van der Waals surface area (Å²) >= 11 is 0. The molecule has 31 heavy (non-hydrogen) atoms. The third-order valence-electron chi connectivity index (χ3n) is 6.36. The molecule has 1 rings (SSSR count). The fourth-order valence-corrected chi connectivity index (χ4v) is 11.4. The normalized spacial score (nSPS) is 12.4. The van der Waals surface area contributed by atoms with Gasteiger partial charge in [0, 0.05) is 0 Å². The van der Waals surface area contributed by atoms with Crippen molar-refractivity contribution in [3.05, 3.63) is 29.8 Å². The first-order valence-electron chi connectivity index (χ1n) is 13.0. The Morgan fingerprint density at radius 2 is 1.06 bits per heavy atom. The number of aryl methyl sites for hydroxylation is 1. The number of hydrogen-bond acceptors (Lipinski definition) is 3. The molecular weight excluding hydrogens is 420 g/mol. The van der Waals surface area contributed by atoms with Gasteiger partial charge in [-0.3, -0.25) is 0 Å². The van der Waals surface area contributed by atoms with Crippen LogP contribution < -0.4 is 0 Å². The molecule has 3 nitrogen and oxygen atoms in total. The Kier molecular flexibility index (Phi) is 14.7. The Morgan fingerprint density at radius 3 is 1.42 bits per heavy atom. The van der Waals surface area contributed by atoms with Crippen molar-refractivity contribution in [1.82, 2.24) is 0 Å². The van der Waals surface area contributed by atoms with Crippen LogP contribution >= 0.6 is 0 Å². The fourth-order valence-electron chi connectivity index (χ4n) is 4.29. The van der Waals surface area contributed by atoms with Crippen molar-refractivity contribution in [2.45, 2.75) is 134 Å². The summed E-state index contributed by atoms with van der Waals surface area (Å²) in [6.07, 6.45) is 15.0. The standard InChI is InChI=1S/C26H48O3SSi/c1-5-9-12-15-22-31(23-16-13-10-6-2,24-17-14-11-7-3)29-30(27,28)26-20-18-25(8-4)19-21-26/h18-21H,5-17,22-24H2,1-4H3. The summed E-state index contributed by atoms with van der Waals surface area (Å²) < 4.78 is 33.0. The van der Waals surface area contributed by atoms with Crippen LogP contribution in [0.5, 0.6) is 0 Å². The maximum Gasteiger partial charge on any atom is 0.287 e. The Labute approximate surface area is 194 Å². The second-order valence-electron chi connectivity index (χ2n) is 9.15. The van der Waals surface area contributed by atoms with Crippen molar-refractivity contribution in [2.75, 3.05) is 0 Å². The smallest absolute Gasteiger partial charge is 0.287 e. The molecular formula is C26H48O3SSi. The quantitative estimate of drug-likeness (QED) is 0.151. The lowest BCUT2D eigenvalue weighted by atomic mass is 10.2. The van der Waals surface area contributed by atoms with Gasteiger partial charge in [-0.2, -0.15) is 8.42 Å². The van der Waals surface area contributed by atoms with E-state index in [9.17, 15) is 8.42 Å². The molecule has 1 aromatic rings. The molecule has 0 amide bonds. The average molecular weight is 469 g/mol. The van der Waals surface area contributed by atoms with Gasteiger partial charge in [-0.15, -0.1) is 0 Å². The van der Waals surface area contributed by atoms with E-state index < -0.39 is 18.4 Å². The molecule has 0 fully saturated rings. The van der Waals surface area contributed by atoms with Crippen LogP contribution in [0, 0.1) is 0 Å². The first-order valence-corrected chi connectivity index (χ1v) is 16.9. The lowest BCUT2D eigenvalue weighted by Crippen LogP contribution is -2.40. The highest BCUT2D eigenvalue weighted by atomic mass is 32.2. The number of unbranched alkanes of at least 4 members (excludes halogenated alkanes) is 9. The molecule has 0 saturated carbocycles. The SMILES string of the molecule is CCCCCC[Si](CCCCCC)(CCCCCC)OS(=O)(=O)c1ccc(CC)cc1. The summed E-state index contributed by atoms with van der Waals surface area (Å²) in [7, 11) is -6.08. The molecule has 0 radical (unpaired) electrons. The summed E-state index contributed by atoms with van der Waals surface area (Å²) in [5.74, 6) is 0. The third kappa shape index (κ3) is 11.2. The van der Waals surface area contributed by atoms with Crippen LogP contribution in [-0.4, -0.2) is 16.7 Å². The molecule has 180 valence electrons. The minimum atomic E-state index is -3.71. The predicted molar refractivity (Wildman–Crippen MR) is 137 cm³/mol. The van der Waals surface area contributed by atoms with Gasteiger partial charge in [0.1, 0.15) is 0 Å². The Morgan fingerprint density at radius 1 is 0.645 bits per heavy atom. The van der Waals surface area contributed by atoms with Gasteiger partial charge in [0.15, 0.2) is 0 Å². The maximum absolute atomic E-state index is 13.3. The minimum absolute atomic E-state index is 0.331. The van der Waals surface area contributed by atoms with Crippen molar-refractivity contribution < 1.29 is 12.3 Å². The largest absolute Gasteiger partial charge is 0.311 e. The second kappa shape index (κ2) is 16.0. The molecule has 0 aliphatic carbocycles.